The van der Waals surface area contributed by atoms with E-state index >= 15 is 0 Å². The molecule has 0 amide bonds. The Kier molecular flexibility index (Phi) is 3.60. The molecule has 0 heterocycles. The highest BCUT2D eigenvalue weighted by Crippen LogP contribution is 2.35. The van der Waals surface area contributed by atoms with Crippen LogP contribution in [0.5, 0.6) is 0 Å². The largest absolute Gasteiger partial charge is 0.549 e. The van der Waals surface area contributed by atoms with Crippen LogP contribution in [0.1, 0.15) is 43.6 Å². The fraction of sp³-hybridized carbons (Fsp3) is 0.500. The summed E-state index contributed by atoms with van der Waals surface area (Å²) in [4.78, 5) is 11.3. The minimum atomic E-state index is -0.918. The Labute approximate surface area is 96.3 Å². The van der Waals surface area contributed by atoms with E-state index in [2.05, 4.69) is 0 Å². The van der Waals surface area contributed by atoms with Gasteiger partial charge in [-0.25, -0.2) is 0 Å². The highest BCUT2D eigenvalue weighted by molar-refractivity contribution is 5.74. The first-order valence-electron chi connectivity index (χ1n) is 6.05. The minimum Gasteiger partial charge on any atom is -0.549 e. The van der Waals surface area contributed by atoms with Gasteiger partial charge in [-0.1, -0.05) is 49.6 Å². The van der Waals surface area contributed by atoms with E-state index in [1.54, 1.807) is 0 Å². The Bertz CT molecular complexity index is 339. The lowest BCUT2D eigenvalue weighted by molar-refractivity contribution is -0.309. The Morgan fingerprint density at radius 3 is 2.31 bits per heavy atom. The number of hydrogen-bond acceptors (Lipinski definition) is 2. The maximum absolute atomic E-state index is 11.3. The molecule has 2 nitrogen and oxygen atoms in total. The molecule has 1 aromatic rings. The van der Waals surface area contributed by atoms with Crippen molar-refractivity contribution >= 4 is 5.97 Å². The molecule has 0 spiro atoms. The second kappa shape index (κ2) is 5.15. The third kappa shape index (κ3) is 2.43. The first-order valence-corrected chi connectivity index (χ1v) is 6.05. The number of carbonyl (C=O) groups is 1. The molecule has 0 unspecified atom stereocenters. The molecule has 1 aliphatic rings. The first-order chi connectivity index (χ1) is 7.79. The van der Waals surface area contributed by atoms with Gasteiger partial charge in [-0.3, -0.25) is 0 Å². The summed E-state index contributed by atoms with van der Waals surface area (Å²) in [6.07, 6.45) is 5.59. The van der Waals surface area contributed by atoms with Crippen molar-refractivity contribution in [2.45, 2.75) is 38.0 Å². The molecule has 0 aromatic heterocycles. The number of carbonyl (C=O) groups excluding carboxylic acids is 1. The Morgan fingerprint density at radius 1 is 1.12 bits per heavy atom. The Hall–Kier alpha value is -1.31. The quantitative estimate of drug-likeness (QED) is 0.778. The van der Waals surface area contributed by atoms with Gasteiger partial charge in [0, 0.05) is 11.9 Å². The smallest absolute Gasteiger partial charge is 0.0492 e. The highest BCUT2D eigenvalue weighted by Gasteiger charge is 2.25. The van der Waals surface area contributed by atoms with Crippen LogP contribution >= 0.6 is 0 Å². The maximum atomic E-state index is 11.3. The van der Waals surface area contributed by atoms with Crippen molar-refractivity contribution in [3.05, 3.63) is 35.9 Å². The van der Waals surface area contributed by atoms with Crippen molar-refractivity contribution in [3.63, 3.8) is 0 Å². The van der Waals surface area contributed by atoms with Gasteiger partial charge in [-0.2, -0.15) is 0 Å². The van der Waals surface area contributed by atoms with E-state index in [0.29, 0.717) is 0 Å². The zero-order valence-electron chi connectivity index (χ0n) is 9.39. The van der Waals surface area contributed by atoms with Crippen LogP contribution in [0.15, 0.2) is 30.3 Å². The lowest BCUT2D eigenvalue weighted by Crippen LogP contribution is -2.35. The van der Waals surface area contributed by atoms with Gasteiger partial charge < -0.3 is 9.90 Å². The highest BCUT2D eigenvalue weighted by atomic mass is 16.4. The monoisotopic (exact) mass is 217 g/mol. The SMILES string of the molecule is O=C([O-])[C@@H](c1ccccc1)C1CCCCC1. The summed E-state index contributed by atoms with van der Waals surface area (Å²) in [5.41, 5.74) is 0.898. The van der Waals surface area contributed by atoms with Gasteiger partial charge in [-0.05, 0) is 24.3 Å². The van der Waals surface area contributed by atoms with Crippen LogP contribution in [0.2, 0.25) is 0 Å². The van der Waals surface area contributed by atoms with Crippen LogP contribution in [0.25, 0.3) is 0 Å². The molecule has 0 radical (unpaired) electrons. The van der Waals surface area contributed by atoms with Gasteiger partial charge >= 0.3 is 0 Å². The fourth-order valence-electron chi connectivity index (χ4n) is 2.73. The molecule has 1 aromatic carbocycles. The van der Waals surface area contributed by atoms with Crippen molar-refractivity contribution in [1.29, 1.82) is 0 Å². The predicted molar refractivity (Wildman–Crippen MR) is 60.8 cm³/mol. The lowest BCUT2D eigenvalue weighted by atomic mass is 9.77. The van der Waals surface area contributed by atoms with Gasteiger partial charge in [0.05, 0.1) is 0 Å². The van der Waals surface area contributed by atoms with Gasteiger partial charge in [0.2, 0.25) is 0 Å². The number of carboxylic acid groups (broad SMARTS) is 1. The molecule has 0 aliphatic heterocycles. The van der Waals surface area contributed by atoms with E-state index in [0.717, 1.165) is 31.2 Å². The number of hydrogen-bond donors (Lipinski definition) is 0. The summed E-state index contributed by atoms with van der Waals surface area (Å²) in [5.74, 6) is -1.07. The van der Waals surface area contributed by atoms with Gasteiger partial charge in [0.25, 0.3) is 0 Å². The van der Waals surface area contributed by atoms with E-state index in [1.807, 2.05) is 30.3 Å². The van der Waals surface area contributed by atoms with Crippen LogP contribution in [-0.2, 0) is 4.79 Å². The van der Waals surface area contributed by atoms with Gasteiger partial charge in [-0.15, -0.1) is 0 Å². The van der Waals surface area contributed by atoms with Crippen molar-refractivity contribution in [2.75, 3.05) is 0 Å². The van der Waals surface area contributed by atoms with Crippen LogP contribution in [0, 0.1) is 5.92 Å². The normalized spacial score (nSPS) is 19.2. The molecule has 1 aliphatic carbocycles. The van der Waals surface area contributed by atoms with Crippen molar-refractivity contribution < 1.29 is 9.90 Å². The standard InChI is InChI=1S/C14H18O2/c15-14(16)13(11-7-3-1-4-8-11)12-9-5-2-6-10-12/h1,3-4,7-8,12-13H,2,5-6,9-10H2,(H,15,16)/p-1/t13-/m0/s1. The summed E-state index contributed by atoms with van der Waals surface area (Å²) >= 11 is 0. The minimum absolute atomic E-state index is 0.265. The summed E-state index contributed by atoms with van der Waals surface area (Å²) in [6.45, 7) is 0. The third-order valence-electron chi connectivity index (χ3n) is 3.53. The average Bonchev–Trinajstić information content (AvgIpc) is 2.31. The second-order valence-electron chi connectivity index (χ2n) is 4.61. The van der Waals surface area contributed by atoms with Gasteiger partial charge in [0.1, 0.15) is 0 Å². The average molecular weight is 217 g/mol. The lowest BCUT2D eigenvalue weighted by Gasteiger charge is -2.31. The predicted octanol–water partition coefficient (Wildman–Crippen LogP) is 2.10. The molecule has 86 valence electrons. The van der Waals surface area contributed by atoms with E-state index in [1.165, 1.54) is 6.42 Å². The topological polar surface area (TPSA) is 40.1 Å². The number of rotatable bonds is 3. The van der Waals surface area contributed by atoms with Crippen molar-refractivity contribution in [2.24, 2.45) is 5.92 Å². The van der Waals surface area contributed by atoms with E-state index in [9.17, 15) is 9.90 Å². The molecule has 2 rings (SSSR count). The number of aliphatic carboxylic acids is 1. The molecule has 0 saturated heterocycles. The summed E-state index contributed by atoms with van der Waals surface area (Å²) in [6, 6.07) is 9.50. The Morgan fingerprint density at radius 2 is 1.75 bits per heavy atom. The fourth-order valence-corrected chi connectivity index (χ4v) is 2.73. The molecular weight excluding hydrogens is 200 g/mol. The molecule has 16 heavy (non-hydrogen) atoms. The van der Waals surface area contributed by atoms with E-state index in [-0.39, 0.29) is 5.92 Å². The molecule has 1 fully saturated rings. The van der Waals surface area contributed by atoms with Crippen molar-refractivity contribution in [3.8, 4) is 0 Å². The molecule has 1 atom stereocenters. The maximum Gasteiger partial charge on any atom is 0.0492 e. The number of carboxylic acids is 1. The van der Waals surface area contributed by atoms with Crippen LogP contribution in [0.3, 0.4) is 0 Å². The van der Waals surface area contributed by atoms with E-state index < -0.39 is 11.9 Å². The molecule has 2 heteroatoms. The van der Waals surface area contributed by atoms with Crippen molar-refractivity contribution in [1.82, 2.24) is 0 Å². The summed E-state index contributed by atoms with van der Waals surface area (Å²) in [5, 5.41) is 11.3. The molecule has 0 bridgehead atoms. The second-order valence-corrected chi connectivity index (χ2v) is 4.61. The Balaban J connectivity index is 2.20. The number of benzene rings is 1. The third-order valence-corrected chi connectivity index (χ3v) is 3.53. The van der Waals surface area contributed by atoms with Crippen LogP contribution < -0.4 is 5.11 Å². The van der Waals surface area contributed by atoms with Crippen LogP contribution in [0.4, 0.5) is 0 Å². The molecule has 1 saturated carbocycles. The van der Waals surface area contributed by atoms with Crippen LogP contribution in [-0.4, -0.2) is 5.97 Å². The first kappa shape index (κ1) is 11.2. The van der Waals surface area contributed by atoms with Gasteiger partial charge in [0.15, 0.2) is 0 Å². The summed E-state index contributed by atoms with van der Waals surface area (Å²) < 4.78 is 0. The molecular formula is C14H17O2-. The zero-order valence-corrected chi connectivity index (χ0v) is 9.39. The van der Waals surface area contributed by atoms with E-state index in [4.69, 9.17) is 0 Å². The summed E-state index contributed by atoms with van der Waals surface area (Å²) in [7, 11) is 0. The zero-order chi connectivity index (χ0) is 11.4. The molecule has 0 N–H and O–H groups in total.